The van der Waals surface area contributed by atoms with Gasteiger partial charge in [0.25, 0.3) is 0 Å². The molecule has 6 nitrogen and oxygen atoms in total. The highest BCUT2D eigenvalue weighted by atomic mass is 16.6. The Labute approximate surface area is 130 Å². The van der Waals surface area contributed by atoms with Crippen molar-refractivity contribution in [2.24, 2.45) is 0 Å². The van der Waals surface area contributed by atoms with E-state index in [0.29, 0.717) is 12.2 Å². The second-order valence-corrected chi connectivity index (χ2v) is 7.15. The van der Waals surface area contributed by atoms with Crippen LogP contribution in [-0.4, -0.2) is 37.7 Å². The molecule has 0 aromatic carbocycles. The van der Waals surface area contributed by atoms with Gasteiger partial charge in [-0.05, 0) is 47.0 Å². The molecule has 3 heterocycles. The van der Waals surface area contributed by atoms with Crippen molar-refractivity contribution in [2.45, 2.75) is 71.1 Å². The molecule has 2 bridgehead atoms. The lowest BCUT2D eigenvalue weighted by molar-refractivity contribution is -0.0109. The maximum atomic E-state index is 12.6. The topological polar surface area (TPSA) is 75.6 Å². The summed E-state index contributed by atoms with van der Waals surface area (Å²) in [5.74, 6) is 0.590. The molecule has 1 aromatic heterocycles. The molecule has 2 aliphatic heterocycles. The third-order valence-corrected chi connectivity index (χ3v) is 4.23. The Kier molecular flexibility index (Phi) is 3.50. The van der Waals surface area contributed by atoms with Gasteiger partial charge in [0.15, 0.2) is 0 Å². The third-order valence-electron chi connectivity index (χ3n) is 4.23. The zero-order chi connectivity index (χ0) is 16.1. The Morgan fingerprint density at radius 2 is 2.05 bits per heavy atom. The summed E-state index contributed by atoms with van der Waals surface area (Å²) in [6.45, 7) is 7.37. The normalized spacial score (nSPS) is 23.9. The second-order valence-electron chi connectivity index (χ2n) is 7.15. The highest BCUT2D eigenvalue weighted by molar-refractivity contribution is 5.70. The van der Waals surface area contributed by atoms with Gasteiger partial charge >= 0.3 is 6.09 Å². The number of fused-ring (bicyclic) bond motifs is 4. The number of aryl methyl sites for hydroxylation is 1. The molecule has 2 aliphatic rings. The first-order valence-electron chi connectivity index (χ1n) is 7.84. The van der Waals surface area contributed by atoms with Gasteiger partial charge in [-0.3, -0.25) is 4.90 Å². The lowest BCUT2D eigenvalue weighted by atomic mass is 9.83. The number of hydrogen-bond acceptors (Lipinski definition) is 5. The second kappa shape index (κ2) is 5.11. The van der Waals surface area contributed by atoms with Crippen LogP contribution in [0.3, 0.4) is 0 Å². The van der Waals surface area contributed by atoms with Crippen molar-refractivity contribution in [1.82, 2.24) is 14.9 Å². The molecule has 0 unspecified atom stereocenters. The van der Waals surface area contributed by atoms with Crippen molar-refractivity contribution in [3.8, 4) is 5.88 Å². The first kappa shape index (κ1) is 15.1. The molecule has 1 N–H and O–H groups in total. The van der Waals surface area contributed by atoms with Crippen molar-refractivity contribution >= 4 is 6.09 Å². The maximum Gasteiger partial charge on any atom is 0.411 e. The minimum absolute atomic E-state index is 0.0540. The molecular weight excluding hydrogens is 282 g/mol. The van der Waals surface area contributed by atoms with E-state index in [1.54, 1.807) is 6.92 Å². The fourth-order valence-electron chi connectivity index (χ4n) is 3.45. The van der Waals surface area contributed by atoms with E-state index in [1.165, 1.54) is 0 Å². The summed E-state index contributed by atoms with van der Waals surface area (Å²) >= 11 is 0. The van der Waals surface area contributed by atoms with E-state index in [9.17, 15) is 9.90 Å². The van der Waals surface area contributed by atoms with Crippen LogP contribution in [0, 0.1) is 6.92 Å². The number of aromatic hydroxyl groups is 1. The summed E-state index contributed by atoms with van der Waals surface area (Å²) in [6, 6.07) is -0.0664. The molecule has 1 amide bonds. The van der Waals surface area contributed by atoms with E-state index in [2.05, 4.69) is 9.97 Å². The van der Waals surface area contributed by atoms with Crippen LogP contribution in [-0.2, 0) is 11.2 Å². The standard InChI is InChI=1S/C16H23N3O3/c1-9-17-13-11(14(20)18-9)8-10-6-5-7-12(13)19(10)15(21)22-16(2,3)4/h10,12H,5-8H2,1-4H3,(H,17,18,20)/t10-,12+/m0/s1. The van der Waals surface area contributed by atoms with Crippen molar-refractivity contribution in [2.75, 3.05) is 0 Å². The van der Waals surface area contributed by atoms with Crippen LogP contribution in [0.4, 0.5) is 4.79 Å². The van der Waals surface area contributed by atoms with Gasteiger partial charge in [-0.1, -0.05) is 0 Å². The first-order chi connectivity index (χ1) is 10.3. The lowest BCUT2D eigenvalue weighted by Crippen LogP contribution is -2.51. The summed E-state index contributed by atoms with van der Waals surface area (Å²) in [4.78, 5) is 23.0. The molecule has 22 heavy (non-hydrogen) atoms. The average Bonchev–Trinajstić information content (AvgIpc) is 2.38. The number of rotatable bonds is 0. The number of ether oxygens (including phenoxy) is 1. The van der Waals surface area contributed by atoms with Crippen LogP contribution in [0.25, 0.3) is 0 Å². The van der Waals surface area contributed by atoms with Gasteiger partial charge in [-0.2, -0.15) is 4.98 Å². The van der Waals surface area contributed by atoms with Crippen molar-refractivity contribution in [3.05, 3.63) is 17.1 Å². The van der Waals surface area contributed by atoms with Crippen LogP contribution >= 0.6 is 0 Å². The van der Waals surface area contributed by atoms with Crippen LogP contribution in [0.15, 0.2) is 0 Å². The SMILES string of the molecule is Cc1nc(O)c2c(n1)[C@H]1CCC[C@@H](C2)N1C(=O)OC(C)(C)C. The Morgan fingerprint density at radius 3 is 2.73 bits per heavy atom. The first-order valence-corrected chi connectivity index (χ1v) is 7.84. The van der Waals surface area contributed by atoms with Crippen LogP contribution in [0.5, 0.6) is 5.88 Å². The van der Waals surface area contributed by atoms with Gasteiger partial charge in [0.05, 0.1) is 11.7 Å². The largest absolute Gasteiger partial charge is 0.493 e. The smallest absolute Gasteiger partial charge is 0.411 e. The molecule has 3 rings (SSSR count). The fourth-order valence-corrected chi connectivity index (χ4v) is 3.45. The predicted octanol–water partition coefficient (Wildman–Crippen LogP) is 2.88. The van der Waals surface area contributed by atoms with Gasteiger partial charge in [-0.15, -0.1) is 0 Å². The molecule has 2 atom stereocenters. The monoisotopic (exact) mass is 305 g/mol. The van der Waals surface area contributed by atoms with Gasteiger partial charge in [0.2, 0.25) is 5.88 Å². The molecule has 0 aliphatic carbocycles. The summed E-state index contributed by atoms with van der Waals surface area (Å²) in [6.07, 6.45) is 3.12. The van der Waals surface area contributed by atoms with Gasteiger partial charge < -0.3 is 9.84 Å². The molecule has 1 saturated heterocycles. The van der Waals surface area contributed by atoms with E-state index in [0.717, 1.165) is 30.5 Å². The Hall–Kier alpha value is -1.85. The quantitative estimate of drug-likeness (QED) is 0.797. The Morgan fingerprint density at radius 1 is 1.32 bits per heavy atom. The van der Waals surface area contributed by atoms with Gasteiger partial charge in [0.1, 0.15) is 11.4 Å². The lowest BCUT2D eigenvalue weighted by Gasteiger charge is -2.46. The van der Waals surface area contributed by atoms with Crippen LogP contribution in [0.1, 0.15) is 63.2 Å². The molecule has 1 fully saturated rings. The van der Waals surface area contributed by atoms with E-state index in [4.69, 9.17) is 4.74 Å². The maximum absolute atomic E-state index is 12.6. The number of piperidine rings is 1. The molecule has 1 aromatic rings. The van der Waals surface area contributed by atoms with E-state index in [1.807, 2.05) is 25.7 Å². The Balaban J connectivity index is 1.99. The number of nitrogens with zero attached hydrogens (tertiary/aromatic N) is 3. The molecule has 0 saturated carbocycles. The highest BCUT2D eigenvalue weighted by Gasteiger charge is 2.44. The minimum atomic E-state index is -0.518. The summed E-state index contributed by atoms with van der Waals surface area (Å²) in [7, 11) is 0. The molecule has 6 heteroatoms. The zero-order valence-corrected chi connectivity index (χ0v) is 13.6. The van der Waals surface area contributed by atoms with E-state index < -0.39 is 5.60 Å². The van der Waals surface area contributed by atoms with Crippen molar-refractivity contribution in [3.63, 3.8) is 0 Å². The Bertz CT molecular complexity index is 609. The molecule has 120 valence electrons. The van der Waals surface area contributed by atoms with Crippen molar-refractivity contribution in [1.29, 1.82) is 0 Å². The van der Waals surface area contributed by atoms with Gasteiger partial charge in [0, 0.05) is 18.0 Å². The molecule has 0 spiro atoms. The summed E-state index contributed by atoms with van der Waals surface area (Å²) in [5.41, 5.74) is 1.06. The number of aromatic nitrogens is 2. The average molecular weight is 305 g/mol. The fraction of sp³-hybridized carbons (Fsp3) is 0.688. The number of hydrogen-bond donors (Lipinski definition) is 1. The van der Waals surface area contributed by atoms with Crippen LogP contribution < -0.4 is 0 Å². The number of carbonyl (C=O) groups is 1. The predicted molar refractivity (Wildman–Crippen MR) is 80.6 cm³/mol. The minimum Gasteiger partial charge on any atom is -0.493 e. The molecule has 0 radical (unpaired) electrons. The van der Waals surface area contributed by atoms with Crippen LogP contribution in [0.2, 0.25) is 0 Å². The van der Waals surface area contributed by atoms with E-state index >= 15 is 0 Å². The number of amides is 1. The highest BCUT2D eigenvalue weighted by Crippen LogP contribution is 2.43. The van der Waals surface area contributed by atoms with Crippen molar-refractivity contribution < 1.29 is 14.6 Å². The zero-order valence-electron chi connectivity index (χ0n) is 13.6. The summed E-state index contributed by atoms with van der Waals surface area (Å²) < 4.78 is 5.57. The number of carbonyl (C=O) groups excluding carboxylic acids is 1. The van der Waals surface area contributed by atoms with E-state index in [-0.39, 0.29) is 24.1 Å². The molecular formula is C16H23N3O3. The summed E-state index contributed by atoms with van der Waals surface area (Å²) in [5, 5.41) is 10.1. The van der Waals surface area contributed by atoms with Gasteiger partial charge in [-0.25, -0.2) is 9.78 Å². The third kappa shape index (κ3) is 2.62.